The zero-order valence-electron chi connectivity index (χ0n) is 38.6. The highest BCUT2D eigenvalue weighted by atomic mass is 16.6. The van der Waals surface area contributed by atoms with Gasteiger partial charge in [-0.3, -0.25) is 9.69 Å². The molecule has 12 heteroatoms. The number of ether oxygens (including phenoxy) is 5. The number of esters is 1. The zero-order chi connectivity index (χ0) is 44.7. The van der Waals surface area contributed by atoms with Crippen LogP contribution in [0, 0.1) is 29.1 Å². The summed E-state index contributed by atoms with van der Waals surface area (Å²) < 4.78 is 34.6. The fourth-order valence-electron chi connectivity index (χ4n) is 11.4. The molecular weight excluding hydrogens is 783 g/mol. The van der Waals surface area contributed by atoms with Crippen LogP contribution in [0.15, 0.2) is 58.0 Å². The van der Waals surface area contributed by atoms with E-state index in [-0.39, 0.29) is 18.1 Å². The van der Waals surface area contributed by atoms with Crippen molar-refractivity contribution in [2.45, 2.75) is 110 Å². The molecule has 1 spiro atoms. The van der Waals surface area contributed by atoms with Crippen molar-refractivity contribution in [2.24, 2.45) is 23.5 Å². The average molecular weight is 848 g/mol. The standard InChI is InChI=1S/C50H65N5O7/c1-29(2)13-12-18-48(8)19-17-33-41(60-48)32(15-14-30(3)4)43-38(42(33)59-26-25-55-23-21-53(9)22-24-55)40-39-37(35(28-51)45(52)54(40)10)34-27-36-47(6,7)62-49(44(34)56,50(36,39)61-43)20-16-31(5)46(57)58-11/h13-14,16-17,19,34,36-37H,12,15,18,20-27,52H2,1-11H3/b31-16-. The maximum absolute atomic E-state index is 15.5. The molecule has 1 aromatic rings. The van der Waals surface area contributed by atoms with Crippen LogP contribution in [0.2, 0.25) is 0 Å². The maximum atomic E-state index is 15.5. The van der Waals surface area contributed by atoms with Crippen LogP contribution in [0.1, 0.15) is 97.8 Å². The summed E-state index contributed by atoms with van der Waals surface area (Å²) in [5.74, 6) is -0.0134. The van der Waals surface area contributed by atoms with E-state index in [1.54, 1.807) is 13.0 Å². The predicted molar refractivity (Wildman–Crippen MR) is 239 cm³/mol. The molecule has 9 rings (SSSR count). The van der Waals surface area contributed by atoms with Gasteiger partial charge in [0.1, 0.15) is 35.3 Å². The van der Waals surface area contributed by atoms with Gasteiger partial charge in [0.25, 0.3) is 0 Å². The van der Waals surface area contributed by atoms with E-state index >= 15 is 4.79 Å². The fourth-order valence-corrected chi connectivity index (χ4v) is 11.4. The van der Waals surface area contributed by atoms with Gasteiger partial charge in [-0.25, -0.2) is 4.79 Å². The minimum Gasteiger partial charge on any atom is -0.491 e. The Morgan fingerprint density at radius 3 is 2.39 bits per heavy atom. The lowest BCUT2D eigenvalue weighted by Crippen LogP contribution is -2.75. The smallest absolute Gasteiger partial charge is 0.333 e. The topological polar surface area (TPSA) is 140 Å². The molecule has 0 amide bonds. The number of methoxy groups -OCH3 is 1. The highest BCUT2D eigenvalue weighted by molar-refractivity contribution is 6.02. The van der Waals surface area contributed by atoms with Crippen LogP contribution in [-0.4, -0.2) is 109 Å². The Morgan fingerprint density at radius 2 is 1.73 bits per heavy atom. The molecule has 2 N–H and O–H groups in total. The van der Waals surface area contributed by atoms with Crippen molar-refractivity contribution in [3.05, 3.63) is 74.7 Å². The molecule has 5 aliphatic heterocycles. The second-order valence-electron chi connectivity index (χ2n) is 19.7. The summed E-state index contributed by atoms with van der Waals surface area (Å²) in [6, 6.07) is 2.44. The third kappa shape index (κ3) is 6.64. The highest BCUT2D eigenvalue weighted by Crippen LogP contribution is 2.74. The molecular formula is C50H65N5O7. The number of ketones is 1. The molecule has 332 valence electrons. The Morgan fingerprint density at radius 1 is 1.02 bits per heavy atom. The number of carbonyl (C=O) groups is 2. The van der Waals surface area contributed by atoms with Crippen molar-refractivity contribution >= 4 is 23.5 Å². The quantitative estimate of drug-likeness (QED) is 0.130. The number of nitrogens with two attached hydrogens (primary N) is 1. The Bertz CT molecular complexity index is 2310. The number of Topliss-reactive ketones (excluding diaryl/α,β-unsaturated/α-hetero) is 1. The first-order valence-electron chi connectivity index (χ1n) is 22.3. The average Bonchev–Trinajstić information content (AvgIpc) is 3.37. The van der Waals surface area contributed by atoms with E-state index in [4.69, 9.17) is 29.4 Å². The van der Waals surface area contributed by atoms with Gasteiger partial charge in [-0.1, -0.05) is 29.4 Å². The Balaban J connectivity index is 1.42. The van der Waals surface area contributed by atoms with E-state index in [0.717, 1.165) is 79.1 Å². The van der Waals surface area contributed by atoms with Gasteiger partial charge in [0.2, 0.25) is 0 Å². The van der Waals surface area contributed by atoms with Crippen LogP contribution in [0.5, 0.6) is 17.2 Å². The van der Waals surface area contributed by atoms with Crippen molar-refractivity contribution in [2.75, 3.05) is 60.5 Å². The minimum atomic E-state index is -1.55. The number of piperazine rings is 1. The molecule has 3 saturated carbocycles. The lowest BCUT2D eigenvalue weighted by Gasteiger charge is -2.63. The summed E-state index contributed by atoms with van der Waals surface area (Å²) >= 11 is 0. The number of allylic oxidation sites excluding steroid dienone is 5. The number of rotatable bonds is 12. The zero-order valence-corrected chi connectivity index (χ0v) is 38.6. The van der Waals surface area contributed by atoms with E-state index in [1.165, 1.54) is 12.7 Å². The second kappa shape index (κ2) is 15.8. The summed E-state index contributed by atoms with van der Waals surface area (Å²) in [5.41, 5.74) is 9.75. The molecule has 62 heavy (non-hydrogen) atoms. The van der Waals surface area contributed by atoms with Gasteiger partial charge in [0.15, 0.2) is 17.0 Å². The van der Waals surface area contributed by atoms with Crippen molar-refractivity contribution in [1.29, 1.82) is 5.26 Å². The largest absolute Gasteiger partial charge is 0.491 e. The summed E-state index contributed by atoms with van der Waals surface area (Å²) in [5, 5.41) is 10.9. The molecule has 2 saturated heterocycles. The monoisotopic (exact) mass is 847 g/mol. The SMILES string of the molecule is COC(=O)/C(C)=C\CC12OC(C)(C)C3CC(C1=O)C1C(C#N)=C(N)N(C)C4=C1C32Oc1c(CC=C(C)C)c2c(c(OCCN3CCN(C)CC3)c14)C=CC(C)(CCC=C(C)C)O2. The number of nitriles is 1. The molecule has 12 nitrogen and oxygen atoms in total. The van der Waals surface area contributed by atoms with E-state index in [0.29, 0.717) is 53.7 Å². The van der Waals surface area contributed by atoms with Crippen molar-refractivity contribution in [1.82, 2.24) is 14.7 Å². The molecule has 1 aromatic carbocycles. The summed E-state index contributed by atoms with van der Waals surface area (Å²) in [4.78, 5) is 35.1. The van der Waals surface area contributed by atoms with Gasteiger partial charge in [0, 0.05) is 80.7 Å². The summed E-state index contributed by atoms with van der Waals surface area (Å²) in [6.45, 7) is 21.3. The molecule has 5 fully saturated rings. The van der Waals surface area contributed by atoms with Crippen LogP contribution < -0.4 is 19.9 Å². The molecule has 0 aromatic heterocycles. The van der Waals surface area contributed by atoms with Crippen LogP contribution in [0.3, 0.4) is 0 Å². The minimum absolute atomic E-state index is 0.0666. The summed E-state index contributed by atoms with van der Waals surface area (Å²) in [7, 11) is 5.40. The Hall–Kier alpha value is -4.83. The number of carbonyl (C=O) groups excluding carboxylic acids is 2. The van der Waals surface area contributed by atoms with Crippen LogP contribution in [0.4, 0.5) is 0 Å². The number of fused-ring (bicyclic) bond motifs is 3. The van der Waals surface area contributed by atoms with Crippen LogP contribution >= 0.6 is 0 Å². The van der Waals surface area contributed by atoms with E-state index < -0.39 is 40.2 Å². The molecule has 4 bridgehead atoms. The lowest BCUT2D eigenvalue weighted by molar-refractivity contribution is -0.181. The van der Waals surface area contributed by atoms with Gasteiger partial charge in [-0.2, -0.15) is 5.26 Å². The van der Waals surface area contributed by atoms with Crippen molar-refractivity contribution in [3.8, 4) is 23.3 Å². The molecule has 6 unspecified atom stereocenters. The third-order valence-corrected chi connectivity index (χ3v) is 14.7. The van der Waals surface area contributed by atoms with Crippen molar-refractivity contribution < 1.29 is 33.3 Å². The van der Waals surface area contributed by atoms with Crippen LogP contribution in [-0.2, 0) is 25.5 Å². The molecule has 3 aliphatic carbocycles. The first-order chi connectivity index (χ1) is 29.3. The van der Waals surface area contributed by atoms with E-state index in [9.17, 15) is 10.1 Å². The van der Waals surface area contributed by atoms with Gasteiger partial charge in [-0.05, 0) is 100 Å². The number of hydrogen-bond donors (Lipinski definition) is 1. The normalized spacial score (nSPS) is 30.5. The van der Waals surface area contributed by atoms with Gasteiger partial charge >= 0.3 is 5.97 Å². The van der Waals surface area contributed by atoms with Gasteiger partial charge < -0.3 is 39.2 Å². The lowest BCUT2D eigenvalue weighted by atomic mass is 9.44. The molecule has 0 radical (unpaired) electrons. The second-order valence-corrected chi connectivity index (χ2v) is 19.7. The van der Waals surface area contributed by atoms with Gasteiger partial charge in [0.05, 0.1) is 41.2 Å². The Labute approximate surface area is 367 Å². The van der Waals surface area contributed by atoms with Gasteiger partial charge in [-0.15, -0.1) is 0 Å². The third-order valence-electron chi connectivity index (χ3n) is 14.7. The fraction of sp³-hybridized carbons (Fsp3) is 0.580. The Kier molecular flexibility index (Phi) is 11.1. The number of nitrogens with zero attached hydrogens (tertiary/aromatic N) is 4. The first-order valence-corrected chi connectivity index (χ1v) is 22.3. The predicted octanol–water partition coefficient (Wildman–Crippen LogP) is 7.11. The molecule has 5 heterocycles. The molecule has 8 aliphatic rings. The number of likely N-dealkylation sites (N-methyl/N-ethyl adjacent to an activating group) is 1. The van der Waals surface area contributed by atoms with Crippen LogP contribution in [0.25, 0.3) is 11.8 Å². The number of benzene rings is 1. The first kappa shape index (κ1) is 43.8. The van der Waals surface area contributed by atoms with Crippen molar-refractivity contribution in [3.63, 3.8) is 0 Å². The summed E-state index contributed by atoms with van der Waals surface area (Å²) in [6.07, 6.45) is 13.1. The highest BCUT2D eigenvalue weighted by Gasteiger charge is 2.84. The maximum Gasteiger partial charge on any atom is 0.333 e. The van der Waals surface area contributed by atoms with E-state index in [2.05, 4.69) is 81.8 Å². The van der Waals surface area contributed by atoms with E-state index in [1.807, 2.05) is 25.8 Å². The number of hydrogen-bond acceptors (Lipinski definition) is 12. The molecule has 6 atom stereocenters.